The van der Waals surface area contributed by atoms with Gasteiger partial charge in [0, 0.05) is 18.7 Å². The first-order valence-electron chi connectivity index (χ1n) is 11.8. The van der Waals surface area contributed by atoms with Crippen molar-refractivity contribution in [1.82, 2.24) is 9.88 Å². The molecule has 2 fully saturated rings. The number of anilines is 1. The average Bonchev–Trinajstić information content (AvgIpc) is 3.35. The number of carbonyl (C=O) groups excluding carboxylic acids is 1. The number of rotatable bonds is 6. The SMILES string of the molecule is Cc1ccc(-c2cccc(CO)c2)c(C(=O)N2C[C@H]3C[C@H]3[C@H]2CNc2nc3ccccc3o2)c1. The third-order valence-electron chi connectivity index (χ3n) is 7.15. The van der Waals surface area contributed by atoms with Gasteiger partial charge in [-0.05, 0) is 66.1 Å². The van der Waals surface area contributed by atoms with Gasteiger partial charge in [0.2, 0.25) is 0 Å². The third-order valence-corrected chi connectivity index (χ3v) is 7.15. The molecular formula is C28H27N3O3. The van der Waals surface area contributed by atoms with E-state index in [1.807, 2.05) is 78.6 Å². The highest BCUT2D eigenvalue weighted by Gasteiger charge is 2.54. The second-order valence-corrected chi connectivity index (χ2v) is 9.46. The Hall–Kier alpha value is -3.64. The summed E-state index contributed by atoms with van der Waals surface area (Å²) in [5.74, 6) is 1.15. The fourth-order valence-electron chi connectivity index (χ4n) is 5.28. The molecule has 3 aromatic carbocycles. The van der Waals surface area contributed by atoms with Crippen LogP contribution in [0.5, 0.6) is 0 Å². The Morgan fingerprint density at radius 3 is 2.88 bits per heavy atom. The number of hydrogen-bond donors (Lipinski definition) is 2. The van der Waals surface area contributed by atoms with Gasteiger partial charge in [0.25, 0.3) is 11.9 Å². The minimum atomic E-state index is -0.0258. The van der Waals surface area contributed by atoms with Gasteiger partial charge in [-0.3, -0.25) is 4.79 Å². The Kier molecular flexibility index (Phi) is 5.11. The summed E-state index contributed by atoms with van der Waals surface area (Å²) in [5.41, 5.74) is 6.02. The predicted octanol–water partition coefficient (Wildman–Crippen LogP) is 4.87. The molecule has 6 nitrogen and oxygen atoms in total. The van der Waals surface area contributed by atoms with E-state index >= 15 is 0 Å². The number of benzene rings is 3. The summed E-state index contributed by atoms with van der Waals surface area (Å²) in [6, 6.07) is 22.1. The number of aryl methyl sites for hydroxylation is 1. The van der Waals surface area contributed by atoms with Crippen LogP contribution in [0.1, 0.15) is 27.9 Å². The van der Waals surface area contributed by atoms with Crippen molar-refractivity contribution >= 4 is 23.0 Å². The summed E-state index contributed by atoms with van der Waals surface area (Å²) in [6.07, 6.45) is 1.17. The summed E-state index contributed by atoms with van der Waals surface area (Å²) in [7, 11) is 0. The number of piperidine rings is 1. The zero-order chi connectivity index (χ0) is 23.2. The lowest BCUT2D eigenvalue weighted by Gasteiger charge is -2.28. The first-order valence-corrected chi connectivity index (χ1v) is 11.8. The Morgan fingerprint density at radius 2 is 2.03 bits per heavy atom. The molecule has 1 saturated carbocycles. The van der Waals surface area contributed by atoms with Crippen LogP contribution >= 0.6 is 0 Å². The minimum absolute atomic E-state index is 0.0258. The molecule has 6 rings (SSSR count). The van der Waals surface area contributed by atoms with Gasteiger partial charge in [0.15, 0.2) is 5.58 Å². The van der Waals surface area contributed by atoms with Crippen LogP contribution in [0, 0.1) is 18.8 Å². The van der Waals surface area contributed by atoms with Gasteiger partial charge in [-0.15, -0.1) is 0 Å². The van der Waals surface area contributed by atoms with Crippen LogP contribution in [0.25, 0.3) is 22.2 Å². The molecule has 2 heterocycles. The van der Waals surface area contributed by atoms with E-state index in [2.05, 4.69) is 10.3 Å². The van der Waals surface area contributed by atoms with E-state index in [0.717, 1.165) is 39.9 Å². The number of aromatic nitrogens is 1. The largest absolute Gasteiger partial charge is 0.424 e. The third kappa shape index (κ3) is 3.74. The van der Waals surface area contributed by atoms with Crippen LogP contribution < -0.4 is 5.32 Å². The smallest absolute Gasteiger partial charge is 0.295 e. The van der Waals surface area contributed by atoms with Crippen LogP contribution in [0.3, 0.4) is 0 Å². The van der Waals surface area contributed by atoms with Gasteiger partial charge < -0.3 is 19.7 Å². The van der Waals surface area contributed by atoms with Crippen molar-refractivity contribution in [3.8, 4) is 11.1 Å². The predicted molar refractivity (Wildman–Crippen MR) is 131 cm³/mol. The summed E-state index contributed by atoms with van der Waals surface area (Å²) < 4.78 is 5.83. The maximum Gasteiger partial charge on any atom is 0.295 e. The highest BCUT2D eigenvalue weighted by molar-refractivity contribution is 6.01. The Labute approximate surface area is 198 Å². The first-order chi connectivity index (χ1) is 16.6. The highest BCUT2D eigenvalue weighted by atomic mass is 16.4. The monoisotopic (exact) mass is 453 g/mol. The molecule has 0 radical (unpaired) electrons. The van der Waals surface area contributed by atoms with Crippen molar-refractivity contribution in [2.75, 3.05) is 18.4 Å². The maximum absolute atomic E-state index is 13.9. The Bertz CT molecular complexity index is 1350. The summed E-state index contributed by atoms with van der Waals surface area (Å²) in [6.45, 7) is 3.38. The fraction of sp³-hybridized carbons (Fsp3) is 0.286. The number of hydrogen-bond acceptors (Lipinski definition) is 5. The average molecular weight is 454 g/mol. The second kappa shape index (κ2) is 8.29. The zero-order valence-corrected chi connectivity index (χ0v) is 19.1. The van der Waals surface area contributed by atoms with Crippen molar-refractivity contribution in [1.29, 1.82) is 0 Å². The minimum Gasteiger partial charge on any atom is -0.424 e. The Morgan fingerprint density at radius 1 is 1.15 bits per heavy atom. The van der Waals surface area contributed by atoms with E-state index in [9.17, 15) is 9.90 Å². The van der Waals surface area contributed by atoms with Crippen molar-refractivity contribution in [3.63, 3.8) is 0 Å². The van der Waals surface area contributed by atoms with Gasteiger partial charge in [-0.2, -0.15) is 4.98 Å². The van der Waals surface area contributed by atoms with Crippen molar-refractivity contribution in [2.45, 2.75) is 26.0 Å². The molecule has 2 aliphatic rings. The summed E-state index contributed by atoms with van der Waals surface area (Å²) in [5, 5.41) is 12.9. The molecular weight excluding hydrogens is 426 g/mol. The van der Waals surface area contributed by atoms with Crippen molar-refractivity contribution in [3.05, 3.63) is 83.4 Å². The van der Waals surface area contributed by atoms with Crippen LogP contribution in [-0.4, -0.2) is 40.0 Å². The van der Waals surface area contributed by atoms with E-state index in [0.29, 0.717) is 30.0 Å². The number of nitrogens with zero attached hydrogens (tertiary/aromatic N) is 2. The van der Waals surface area contributed by atoms with Gasteiger partial charge in [0.05, 0.1) is 12.6 Å². The molecule has 6 heteroatoms. The highest BCUT2D eigenvalue weighted by Crippen LogP contribution is 2.50. The maximum atomic E-state index is 13.9. The molecule has 3 atom stereocenters. The van der Waals surface area contributed by atoms with E-state index in [-0.39, 0.29) is 18.6 Å². The lowest BCUT2D eigenvalue weighted by molar-refractivity contribution is 0.0715. The zero-order valence-electron chi connectivity index (χ0n) is 19.1. The number of carbonyl (C=O) groups is 1. The number of oxazole rings is 1. The van der Waals surface area contributed by atoms with Crippen LogP contribution in [0.2, 0.25) is 0 Å². The number of amides is 1. The van der Waals surface area contributed by atoms with Gasteiger partial charge in [0.1, 0.15) is 5.52 Å². The number of para-hydroxylation sites is 2. The molecule has 172 valence electrons. The van der Waals surface area contributed by atoms with Gasteiger partial charge in [-0.1, -0.05) is 48.0 Å². The number of likely N-dealkylation sites (tertiary alicyclic amines) is 1. The molecule has 2 N–H and O–H groups in total. The normalized spacial score (nSPS) is 21.0. The second-order valence-electron chi connectivity index (χ2n) is 9.46. The molecule has 34 heavy (non-hydrogen) atoms. The lowest BCUT2D eigenvalue weighted by atomic mass is 9.95. The molecule has 0 spiro atoms. The van der Waals surface area contributed by atoms with E-state index in [1.54, 1.807) is 0 Å². The molecule has 0 bridgehead atoms. The summed E-state index contributed by atoms with van der Waals surface area (Å²) >= 11 is 0. The fourth-order valence-corrected chi connectivity index (χ4v) is 5.28. The quantitative estimate of drug-likeness (QED) is 0.436. The van der Waals surface area contributed by atoms with Crippen molar-refractivity contribution < 1.29 is 14.3 Å². The summed E-state index contributed by atoms with van der Waals surface area (Å²) in [4.78, 5) is 20.4. The molecule has 1 aromatic heterocycles. The number of aliphatic hydroxyl groups excluding tert-OH is 1. The molecule has 1 aliphatic heterocycles. The van der Waals surface area contributed by atoms with Crippen molar-refractivity contribution in [2.24, 2.45) is 11.8 Å². The molecule has 0 unspecified atom stereocenters. The topological polar surface area (TPSA) is 78.6 Å². The molecule has 1 aliphatic carbocycles. The molecule has 1 amide bonds. The number of aliphatic hydroxyl groups is 1. The van der Waals surface area contributed by atoms with Crippen LogP contribution in [0.4, 0.5) is 6.01 Å². The van der Waals surface area contributed by atoms with Gasteiger partial charge in [-0.25, -0.2) is 0 Å². The number of nitrogens with one attached hydrogen (secondary N) is 1. The van der Waals surface area contributed by atoms with Crippen LogP contribution in [0.15, 0.2) is 71.1 Å². The van der Waals surface area contributed by atoms with E-state index in [1.165, 1.54) is 6.42 Å². The van der Waals surface area contributed by atoms with Crippen LogP contribution in [-0.2, 0) is 6.61 Å². The number of fused-ring (bicyclic) bond motifs is 2. The van der Waals surface area contributed by atoms with E-state index < -0.39 is 0 Å². The van der Waals surface area contributed by atoms with E-state index in [4.69, 9.17) is 4.42 Å². The first kappa shape index (κ1) is 20.9. The van der Waals surface area contributed by atoms with Gasteiger partial charge >= 0.3 is 0 Å². The molecule has 4 aromatic rings. The lowest BCUT2D eigenvalue weighted by Crippen LogP contribution is -2.42. The standard InChI is InChI=1S/C28H27N3O3/c1-17-9-10-21(19-6-4-5-18(12-19)16-32)23(11-17)27(33)31-15-20-13-22(20)25(31)14-29-28-30-24-7-2-3-8-26(24)34-28/h2-12,20,22,25,32H,13-16H2,1H3,(H,29,30)/t20-,22-,25-/m1/s1. The Balaban J connectivity index is 1.27. The molecule has 1 saturated heterocycles.